The lowest BCUT2D eigenvalue weighted by Gasteiger charge is -2.10. The zero-order chi connectivity index (χ0) is 22.7. The topological polar surface area (TPSA) is 74.0 Å². The van der Waals surface area contributed by atoms with Crippen LogP contribution in [0.2, 0.25) is 0 Å². The van der Waals surface area contributed by atoms with E-state index in [1.807, 2.05) is 6.07 Å². The lowest BCUT2D eigenvalue weighted by molar-refractivity contribution is -0.127. The molecule has 2 aromatic carbocycles. The predicted octanol–water partition coefficient (Wildman–Crippen LogP) is 4.36. The van der Waals surface area contributed by atoms with Crippen molar-refractivity contribution in [2.75, 3.05) is 6.54 Å². The number of carbonyl (C=O) groups is 2. The molecular weight excluding hydrogens is 419 g/mol. The van der Waals surface area contributed by atoms with Gasteiger partial charge in [0.05, 0.1) is 0 Å². The summed E-state index contributed by atoms with van der Waals surface area (Å²) in [7, 11) is 0. The minimum absolute atomic E-state index is 0.101. The normalized spacial score (nSPS) is 15.8. The van der Waals surface area contributed by atoms with Crippen LogP contribution in [0.25, 0.3) is 22.5 Å². The molecule has 3 N–H and O–H groups in total. The first kappa shape index (κ1) is 21.7. The molecule has 4 rings (SSSR count). The average molecular weight is 441 g/mol. The number of rotatable bonds is 7. The maximum absolute atomic E-state index is 13.3. The van der Waals surface area contributed by atoms with Gasteiger partial charge in [0.25, 0.3) is 6.43 Å². The number of amides is 2. The molecule has 1 atom stereocenters. The van der Waals surface area contributed by atoms with Gasteiger partial charge in [-0.3, -0.25) is 9.59 Å². The Morgan fingerprint density at radius 3 is 2.56 bits per heavy atom. The van der Waals surface area contributed by atoms with Crippen molar-refractivity contribution in [3.8, 4) is 22.5 Å². The van der Waals surface area contributed by atoms with Crippen LogP contribution in [0.4, 0.5) is 13.2 Å². The summed E-state index contributed by atoms with van der Waals surface area (Å²) in [6.45, 7) is 0.535. The van der Waals surface area contributed by atoms with E-state index in [0.29, 0.717) is 36.3 Å². The lowest BCUT2D eigenvalue weighted by atomic mass is 10.0. The molecule has 0 bridgehead atoms. The summed E-state index contributed by atoms with van der Waals surface area (Å²) in [6, 6.07) is 13.3. The van der Waals surface area contributed by atoms with Crippen LogP contribution in [0.15, 0.2) is 54.6 Å². The molecule has 1 saturated heterocycles. The second-order valence-corrected chi connectivity index (χ2v) is 7.72. The minimum Gasteiger partial charge on any atom is -0.354 e. The van der Waals surface area contributed by atoms with Gasteiger partial charge < -0.3 is 15.6 Å². The monoisotopic (exact) mass is 441 g/mol. The number of benzene rings is 2. The Balaban J connectivity index is 1.60. The first-order valence-electron chi connectivity index (χ1n) is 10.3. The third kappa shape index (κ3) is 4.85. The standard InChI is InChI=1S/C24H22F3N3O2/c25-18-7-4-14(5-8-18)20-13-16(6-9-21(31)29-19-10-11-28-24(19)32)22(30-20)15-2-1-3-17(12-15)23(26)27/h1-5,7-8,12-13,19,23,30H,6,9-11H2,(H,28,32)(H,29,31). The Kier molecular flexibility index (Phi) is 6.30. The summed E-state index contributed by atoms with van der Waals surface area (Å²) < 4.78 is 39.8. The van der Waals surface area contributed by atoms with Crippen LogP contribution >= 0.6 is 0 Å². The summed E-state index contributed by atoms with van der Waals surface area (Å²) in [5, 5.41) is 5.40. The van der Waals surface area contributed by atoms with Crippen LogP contribution in [0.1, 0.15) is 30.4 Å². The third-order valence-electron chi connectivity index (χ3n) is 5.49. The van der Waals surface area contributed by atoms with Crippen LogP contribution in [-0.4, -0.2) is 29.4 Å². The van der Waals surface area contributed by atoms with Gasteiger partial charge in [-0.2, -0.15) is 0 Å². The summed E-state index contributed by atoms with van der Waals surface area (Å²) in [6.07, 6.45) is -1.58. The van der Waals surface area contributed by atoms with E-state index in [2.05, 4.69) is 15.6 Å². The molecule has 3 aromatic rings. The Hall–Kier alpha value is -3.55. The van der Waals surface area contributed by atoms with Gasteiger partial charge in [0.1, 0.15) is 11.9 Å². The van der Waals surface area contributed by atoms with E-state index in [9.17, 15) is 22.8 Å². The van der Waals surface area contributed by atoms with E-state index in [4.69, 9.17) is 0 Å². The highest BCUT2D eigenvalue weighted by atomic mass is 19.3. The molecule has 166 valence electrons. The SMILES string of the molecule is O=C(CCc1cc(-c2ccc(F)cc2)[nH]c1-c1cccc(C(F)F)c1)NC1CCNC1=O. The summed E-state index contributed by atoms with van der Waals surface area (Å²) in [5.41, 5.74) is 3.28. The fraction of sp³-hybridized carbons (Fsp3) is 0.250. The van der Waals surface area contributed by atoms with Gasteiger partial charge in [0.2, 0.25) is 11.8 Å². The molecule has 1 aliphatic rings. The molecule has 0 spiro atoms. The van der Waals surface area contributed by atoms with Crippen molar-refractivity contribution in [3.63, 3.8) is 0 Å². The molecule has 1 fully saturated rings. The number of carbonyl (C=O) groups excluding carboxylic acids is 2. The molecule has 2 heterocycles. The van der Waals surface area contributed by atoms with Gasteiger partial charge in [0, 0.05) is 29.9 Å². The van der Waals surface area contributed by atoms with Crippen LogP contribution in [0.3, 0.4) is 0 Å². The molecule has 32 heavy (non-hydrogen) atoms. The van der Waals surface area contributed by atoms with Crippen molar-refractivity contribution in [1.82, 2.24) is 15.6 Å². The van der Waals surface area contributed by atoms with Gasteiger partial charge in [-0.25, -0.2) is 13.2 Å². The number of H-pyrrole nitrogens is 1. The van der Waals surface area contributed by atoms with Gasteiger partial charge in [-0.05, 0) is 65.9 Å². The van der Waals surface area contributed by atoms with Crippen molar-refractivity contribution < 1.29 is 22.8 Å². The largest absolute Gasteiger partial charge is 0.354 e. The van der Waals surface area contributed by atoms with Gasteiger partial charge in [-0.1, -0.05) is 18.2 Å². The zero-order valence-corrected chi connectivity index (χ0v) is 17.1. The van der Waals surface area contributed by atoms with Crippen LogP contribution in [0.5, 0.6) is 0 Å². The lowest BCUT2D eigenvalue weighted by Crippen LogP contribution is -2.40. The molecule has 0 aliphatic carbocycles. The fourth-order valence-electron chi connectivity index (χ4n) is 3.81. The number of aromatic nitrogens is 1. The second kappa shape index (κ2) is 9.30. The number of aromatic amines is 1. The number of hydrogen-bond acceptors (Lipinski definition) is 2. The van der Waals surface area contributed by atoms with E-state index in [-0.39, 0.29) is 29.6 Å². The van der Waals surface area contributed by atoms with Crippen molar-refractivity contribution in [2.24, 2.45) is 0 Å². The molecule has 1 aromatic heterocycles. The Bertz CT molecular complexity index is 1130. The smallest absolute Gasteiger partial charge is 0.263 e. The van der Waals surface area contributed by atoms with E-state index in [1.54, 1.807) is 24.3 Å². The number of nitrogens with one attached hydrogen (secondary N) is 3. The Morgan fingerprint density at radius 2 is 1.88 bits per heavy atom. The summed E-state index contributed by atoms with van der Waals surface area (Å²) in [4.78, 5) is 27.3. The first-order chi connectivity index (χ1) is 15.4. The highest BCUT2D eigenvalue weighted by Crippen LogP contribution is 2.32. The van der Waals surface area contributed by atoms with E-state index in [0.717, 1.165) is 11.1 Å². The third-order valence-corrected chi connectivity index (χ3v) is 5.49. The minimum atomic E-state index is -2.60. The molecule has 5 nitrogen and oxygen atoms in total. The zero-order valence-electron chi connectivity index (χ0n) is 17.1. The molecule has 8 heteroatoms. The maximum Gasteiger partial charge on any atom is 0.263 e. The molecule has 0 radical (unpaired) electrons. The highest BCUT2D eigenvalue weighted by Gasteiger charge is 2.25. The quantitative estimate of drug-likeness (QED) is 0.510. The van der Waals surface area contributed by atoms with Gasteiger partial charge in [0.15, 0.2) is 0 Å². The van der Waals surface area contributed by atoms with Crippen LogP contribution in [0, 0.1) is 5.82 Å². The number of alkyl halides is 2. The molecule has 1 unspecified atom stereocenters. The summed E-state index contributed by atoms with van der Waals surface area (Å²) in [5.74, 6) is -0.815. The molecular formula is C24H22F3N3O2. The maximum atomic E-state index is 13.3. The van der Waals surface area contributed by atoms with Gasteiger partial charge >= 0.3 is 0 Å². The summed E-state index contributed by atoms with van der Waals surface area (Å²) >= 11 is 0. The Morgan fingerprint density at radius 1 is 1.09 bits per heavy atom. The van der Waals surface area contributed by atoms with E-state index >= 15 is 0 Å². The van der Waals surface area contributed by atoms with Crippen molar-refractivity contribution >= 4 is 11.8 Å². The highest BCUT2D eigenvalue weighted by molar-refractivity contribution is 5.89. The molecule has 0 saturated carbocycles. The van der Waals surface area contributed by atoms with Crippen LogP contribution in [-0.2, 0) is 16.0 Å². The predicted molar refractivity (Wildman–Crippen MR) is 114 cm³/mol. The van der Waals surface area contributed by atoms with Crippen molar-refractivity contribution in [2.45, 2.75) is 31.7 Å². The van der Waals surface area contributed by atoms with Crippen molar-refractivity contribution in [3.05, 3.63) is 71.5 Å². The van der Waals surface area contributed by atoms with E-state index in [1.165, 1.54) is 24.3 Å². The van der Waals surface area contributed by atoms with Crippen molar-refractivity contribution in [1.29, 1.82) is 0 Å². The molecule has 2 amide bonds. The van der Waals surface area contributed by atoms with Gasteiger partial charge in [-0.15, -0.1) is 0 Å². The Labute approximate surface area is 183 Å². The first-order valence-corrected chi connectivity index (χ1v) is 10.3. The van der Waals surface area contributed by atoms with Crippen LogP contribution < -0.4 is 10.6 Å². The fourth-order valence-corrected chi connectivity index (χ4v) is 3.81. The molecule has 1 aliphatic heterocycles. The second-order valence-electron chi connectivity index (χ2n) is 7.72. The number of halogens is 3. The average Bonchev–Trinajstić information content (AvgIpc) is 3.39. The van der Waals surface area contributed by atoms with E-state index < -0.39 is 12.5 Å². The number of hydrogen-bond donors (Lipinski definition) is 3. The number of aryl methyl sites for hydroxylation is 1.